The van der Waals surface area contributed by atoms with Gasteiger partial charge in [-0.25, -0.2) is 0 Å². The van der Waals surface area contributed by atoms with E-state index in [2.05, 4.69) is 15.9 Å². The Morgan fingerprint density at radius 3 is 2.44 bits per heavy atom. The number of carbonyl (C=O) groups excluding carboxylic acids is 4. The Morgan fingerprint density at radius 2 is 1.77 bits per heavy atom. The van der Waals surface area contributed by atoms with Crippen LogP contribution in [0.5, 0.6) is 11.5 Å². The maximum absolute atomic E-state index is 14.0. The first-order valence-electron chi connectivity index (χ1n) is 13.3. The maximum atomic E-state index is 14.0. The molecule has 2 saturated carbocycles. The molecule has 4 fully saturated rings. The second kappa shape index (κ2) is 9.48. The fourth-order valence-electron chi connectivity index (χ4n) is 7.76. The Hall–Kier alpha value is -2.10. The molecule has 6 atom stereocenters. The molecule has 1 aromatic rings. The van der Waals surface area contributed by atoms with E-state index in [-0.39, 0.29) is 46.8 Å². The zero-order valence-corrected chi connectivity index (χ0v) is 24.5. The number of halogens is 3. The summed E-state index contributed by atoms with van der Waals surface area (Å²) in [5, 5.41) is 11.2. The number of phenolic OH excluding ortho intramolecular Hbond substituents is 1. The normalized spacial score (nSPS) is 36.6. The molecule has 0 spiro atoms. The van der Waals surface area contributed by atoms with Crippen LogP contribution in [0.25, 0.3) is 0 Å². The van der Waals surface area contributed by atoms with E-state index < -0.39 is 45.2 Å². The third-order valence-corrected chi connectivity index (χ3v) is 11.5. The Morgan fingerprint density at radius 1 is 1.05 bits per heavy atom. The minimum atomic E-state index is -1.97. The second-order valence-corrected chi connectivity index (χ2v) is 13.0. The van der Waals surface area contributed by atoms with E-state index in [4.69, 9.17) is 27.9 Å². The number of ether oxygens (including phenoxy) is 1. The molecule has 0 aromatic heterocycles. The number of allylic oxidation sites excluding steroid dienone is 2. The summed E-state index contributed by atoms with van der Waals surface area (Å²) in [5.74, 6) is -4.70. The van der Waals surface area contributed by atoms with Crippen LogP contribution in [-0.4, -0.2) is 66.9 Å². The lowest BCUT2D eigenvalue weighted by Gasteiger charge is -2.50. The number of hydrogen-bond donors (Lipinski definition) is 1. The van der Waals surface area contributed by atoms with Crippen molar-refractivity contribution in [2.24, 2.45) is 17.8 Å². The number of aromatic hydroxyl groups is 1. The van der Waals surface area contributed by atoms with Crippen LogP contribution in [0, 0.1) is 17.8 Å². The van der Waals surface area contributed by atoms with Crippen LogP contribution in [0.1, 0.15) is 56.4 Å². The molecule has 0 radical (unpaired) electrons. The molecular weight excluding hydrogens is 611 g/mol. The highest BCUT2D eigenvalue weighted by Gasteiger charge is 2.76. The minimum Gasteiger partial charge on any atom is -0.504 e. The third kappa shape index (κ3) is 3.48. The van der Waals surface area contributed by atoms with Gasteiger partial charge in [-0.05, 0) is 37.7 Å². The second-order valence-electron chi connectivity index (χ2n) is 11.2. The maximum Gasteiger partial charge on any atom is 0.254 e. The van der Waals surface area contributed by atoms with Crippen molar-refractivity contribution in [2.45, 2.75) is 66.7 Å². The number of hydrogen-bond acceptors (Lipinski definition) is 6. The molecule has 1 aromatic carbocycles. The summed E-state index contributed by atoms with van der Waals surface area (Å²) >= 11 is 17.6. The molecule has 2 saturated heterocycles. The van der Waals surface area contributed by atoms with Crippen LogP contribution in [0.2, 0.25) is 0 Å². The summed E-state index contributed by atoms with van der Waals surface area (Å²) in [4.78, 5) is 53.8. The average molecular weight is 640 g/mol. The van der Waals surface area contributed by atoms with Gasteiger partial charge >= 0.3 is 0 Å². The Bertz CT molecular complexity index is 1310. The lowest BCUT2D eigenvalue weighted by molar-refractivity contribution is -0.144. The summed E-state index contributed by atoms with van der Waals surface area (Å²) < 4.78 is 5.33. The van der Waals surface area contributed by atoms with Crippen molar-refractivity contribution < 1.29 is 29.0 Å². The number of alkyl halides is 3. The number of imide groups is 2. The predicted octanol–water partition coefficient (Wildman–Crippen LogP) is 4.44. The van der Waals surface area contributed by atoms with E-state index in [1.807, 2.05) is 6.08 Å². The molecule has 6 unspecified atom stereocenters. The van der Waals surface area contributed by atoms with Crippen LogP contribution in [0.3, 0.4) is 0 Å². The zero-order valence-electron chi connectivity index (χ0n) is 21.4. The van der Waals surface area contributed by atoms with Gasteiger partial charge < -0.3 is 9.84 Å². The minimum absolute atomic E-state index is 0.0715. The average Bonchev–Trinajstić information content (AvgIpc) is 3.27. The molecule has 2 heterocycles. The van der Waals surface area contributed by atoms with Gasteiger partial charge in [-0.3, -0.25) is 29.0 Å². The number of benzene rings is 1. The number of methoxy groups -OCH3 is 1. The van der Waals surface area contributed by atoms with Gasteiger partial charge in [0.2, 0.25) is 11.8 Å². The lowest BCUT2D eigenvalue weighted by atomic mass is 9.56. The van der Waals surface area contributed by atoms with Crippen molar-refractivity contribution in [2.75, 3.05) is 12.6 Å². The van der Waals surface area contributed by atoms with E-state index in [9.17, 15) is 24.3 Å². The molecule has 6 rings (SSSR count). The standard InChI is InChI=1S/C28H29BrCl2N2O6/c1-39-19-9-5-8-17(22(19)34)21-15-10-11-16-20(24(36)33(23(16)35)14-6-3-2-4-7-14)18(15)12-27(30)25(37)32(13-29)26(38)28(21,27)31/h5,8-10,14,16,18,20-21,34H,2-4,6-7,11-13H2,1H3. The van der Waals surface area contributed by atoms with Gasteiger partial charge in [0.25, 0.3) is 11.8 Å². The van der Waals surface area contributed by atoms with E-state index >= 15 is 0 Å². The van der Waals surface area contributed by atoms with E-state index in [1.165, 1.54) is 12.0 Å². The van der Waals surface area contributed by atoms with Gasteiger partial charge in [-0.15, -0.1) is 23.2 Å². The number of carbonyl (C=O) groups is 4. The van der Waals surface area contributed by atoms with Crippen LogP contribution in [0.4, 0.5) is 0 Å². The van der Waals surface area contributed by atoms with Gasteiger partial charge in [0, 0.05) is 17.5 Å². The van der Waals surface area contributed by atoms with Gasteiger partial charge in [-0.1, -0.05) is 59.0 Å². The molecule has 1 N–H and O–H groups in total. The predicted molar refractivity (Wildman–Crippen MR) is 147 cm³/mol. The van der Waals surface area contributed by atoms with Crippen LogP contribution < -0.4 is 4.74 Å². The molecule has 5 aliphatic rings. The van der Waals surface area contributed by atoms with Crippen molar-refractivity contribution in [3.05, 3.63) is 35.4 Å². The molecule has 0 bridgehead atoms. The number of para-hydroxylation sites is 1. The number of rotatable bonds is 4. The third-order valence-electron chi connectivity index (χ3n) is 9.55. The smallest absolute Gasteiger partial charge is 0.254 e. The first-order chi connectivity index (χ1) is 18.6. The fraction of sp³-hybridized carbons (Fsp3) is 0.571. The first kappa shape index (κ1) is 27.1. The molecule has 2 aliphatic heterocycles. The van der Waals surface area contributed by atoms with Crippen molar-refractivity contribution in [1.29, 1.82) is 0 Å². The lowest BCUT2D eigenvalue weighted by Crippen LogP contribution is -2.60. The number of fused-ring (bicyclic) bond motifs is 4. The monoisotopic (exact) mass is 638 g/mol. The van der Waals surface area contributed by atoms with E-state index in [1.54, 1.807) is 18.2 Å². The van der Waals surface area contributed by atoms with Crippen molar-refractivity contribution in [1.82, 2.24) is 9.80 Å². The molecule has 3 aliphatic carbocycles. The van der Waals surface area contributed by atoms with Crippen LogP contribution >= 0.6 is 39.1 Å². The zero-order chi connectivity index (χ0) is 27.9. The summed E-state index contributed by atoms with van der Waals surface area (Å²) in [6, 6.07) is 4.75. The number of amides is 4. The SMILES string of the molecule is COc1cccc(C2C3=CCC4C(=O)N(C5CCCCC5)C(=O)C4C3CC3(Cl)C(=O)N(CBr)C(=O)C23Cl)c1O. The highest BCUT2D eigenvalue weighted by atomic mass is 79.9. The molecular formula is C28H29BrCl2N2O6. The highest BCUT2D eigenvalue weighted by molar-refractivity contribution is 9.09. The largest absolute Gasteiger partial charge is 0.504 e. The van der Waals surface area contributed by atoms with Crippen molar-refractivity contribution >= 4 is 62.8 Å². The summed E-state index contributed by atoms with van der Waals surface area (Å²) in [6.45, 7) is 0. The van der Waals surface area contributed by atoms with Crippen LogP contribution in [-0.2, 0) is 19.2 Å². The molecule has 4 amide bonds. The fourth-order valence-corrected chi connectivity index (χ4v) is 9.18. The molecule has 208 valence electrons. The summed E-state index contributed by atoms with van der Waals surface area (Å²) in [5.41, 5.74) is 0.824. The molecule has 11 heteroatoms. The number of nitrogens with zero attached hydrogens (tertiary/aromatic N) is 2. The quantitative estimate of drug-likeness (QED) is 0.226. The van der Waals surface area contributed by atoms with Crippen molar-refractivity contribution in [3.8, 4) is 11.5 Å². The first-order valence-corrected chi connectivity index (χ1v) is 15.2. The van der Waals surface area contributed by atoms with Gasteiger partial charge in [0.05, 0.1) is 24.4 Å². The highest BCUT2D eigenvalue weighted by Crippen LogP contribution is 2.66. The van der Waals surface area contributed by atoms with E-state index in [0.29, 0.717) is 12.0 Å². The number of phenols is 1. The molecule has 8 nitrogen and oxygen atoms in total. The van der Waals surface area contributed by atoms with Crippen molar-refractivity contribution in [3.63, 3.8) is 0 Å². The summed E-state index contributed by atoms with van der Waals surface area (Å²) in [7, 11) is 1.41. The number of likely N-dealkylation sites (tertiary alicyclic amines) is 2. The Balaban J connectivity index is 1.52. The van der Waals surface area contributed by atoms with Gasteiger partial charge in [0.1, 0.15) is 0 Å². The van der Waals surface area contributed by atoms with Gasteiger partial charge in [0.15, 0.2) is 21.2 Å². The van der Waals surface area contributed by atoms with Crippen LogP contribution in [0.15, 0.2) is 29.8 Å². The Labute approximate surface area is 244 Å². The summed E-state index contributed by atoms with van der Waals surface area (Å²) in [6.07, 6.45) is 6.72. The Kier molecular flexibility index (Phi) is 6.59. The molecule has 39 heavy (non-hydrogen) atoms. The van der Waals surface area contributed by atoms with Gasteiger partial charge in [-0.2, -0.15) is 0 Å². The van der Waals surface area contributed by atoms with E-state index in [0.717, 1.165) is 37.0 Å². The topological polar surface area (TPSA) is 104 Å².